The Morgan fingerprint density at radius 2 is 1.93 bits per heavy atom. The second-order valence-corrected chi connectivity index (χ2v) is 7.69. The molecule has 1 aliphatic carbocycles. The van der Waals surface area contributed by atoms with E-state index in [9.17, 15) is 9.18 Å². The number of hydrogen-bond acceptors (Lipinski definition) is 4. The Hall–Kier alpha value is -2.39. The minimum absolute atomic E-state index is 0.0649. The highest BCUT2D eigenvalue weighted by Crippen LogP contribution is 2.30. The van der Waals surface area contributed by atoms with Crippen LogP contribution in [0.25, 0.3) is 0 Å². The summed E-state index contributed by atoms with van der Waals surface area (Å²) in [5, 5.41) is 11.1. The highest BCUT2D eigenvalue weighted by atomic mass is 19.1. The van der Waals surface area contributed by atoms with E-state index in [-0.39, 0.29) is 18.3 Å². The largest absolute Gasteiger partial charge is 0.367 e. The first-order chi connectivity index (χ1) is 13.7. The fourth-order valence-corrected chi connectivity index (χ4v) is 4.13. The third-order valence-corrected chi connectivity index (χ3v) is 5.84. The van der Waals surface area contributed by atoms with Gasteiger partial charge in [0.2, 0.25) is 5.91 Å². The highest BCUT2D eigenvalue weighted by molar-refractivity contribution is 5.88. The van der Waals surface area contributed by atoms with Crippen LogP contribution in [0.1, 0.15) is 32.1 Å². The van der Waals surface area contributed by atoms with Crippen molar-refractivity contribution in [2.45, 2.75) is 32.1 Å². The molecule has 1 aromatic rings. The number of carbonyl (C=O) groups excluding carboxylic acids is 1. The maximum absolute atomic E-state index is 13.9. The normalized spacial score (nSPS) is 20.5. The summed E-state index contributed by atoms with van der Waals surface area (Å²) in [6.07, 6.45) is 7.08. The summed E-state index contributed by atoms with van der Waals surface area (Å²) in [7, 11) is 0. The molecule has 0 spiro atoms. The van der Waals surface area contributed by atoms with Crippen molar-refractivity contribution >= 4 is 11.6 Å². The van der Waals surface area contributed by atoms with Crippen molar-refractivity contribution in [3.8, 4) is 6.07 Å². The van der Waals surface area contributed by atoms with Gasteiger partial charge in [-0.25, -0.2) is 4.39 Å². The van der Waals surface area contributed by atoms with Crippen LogP contribution in [0.3, 0.4) is 0 Å². The van der Waals surface area contributed by atoms with Gasteiger partial charge in [-0.15, -0.1) is 0 Å². The van der Waals surface area contributed by atoms with Gasteiger partial charge in [-0.2, -0.15) is 5.26 Å². The zero-order valence-electron chi connectivity index (χ0n) is 16.4. The van der Waals surface area contributed by atoms with E-state index in [1.54, 1.807) is 12.1 Å². The van der Waals surface area contributed by atoms with Crippen LogP contribution in [0.2, 0.25) is 0 Å². The van der Waals surface area contributed by atoms with Gasteiger partial charge in [0, 0.05) is 32.3 Å². The molecule has 150 valence electrons. The summed E-state index contributed by atoms with van der Waals surface area (Å²) in [4.78, 5) is 16.3. The molecule has 0 atom stereocenters. The SMILES string of the molecule is N#CCNC(=O)C=C1CCC(CCN2CCN(c3ccccc3F)CC2)CC1. The Labute approximate surface area is 166 Å². The first-order valence-electron chi connectivity index (χ1n) is 10.2. The Balaban J connectivity index is 1.35. The molecule has 28 heavy (non-hydrogen) atoms. The fourth-order valence-electron chi connectivity index (χ4n) is 4.13. The lowest BCUT2D eigenvalue weighted by Gasteiger charge is -2.37. The number of nitriles is 1. The molecule has 1 aliphatic heterocycles. The van der Waals surface area contributed by atoms with Crippen molar-refractivity contribution in [3.05, 3.63) is 41.7 Å². The summed E-state index contributed by atoms with van der Waals surface area (Å²) >= 11 is 0. The highest BCUT2D eigenvalue weighted by Gasteiger charge is 2.22. The average molecular weight is 384 g/mol. The van der Waals surface area contributed by atoms with Gasteiger partial charge >= 0.3 is 0 Å². The number of allylic oxidation sites excluding steroid dienone is 1. The molecule has 5 nitrogen and oxygen atoms in total. The van der Waals surface area contributed by atoms with Gasteiger partial charge in [0.25, 0.3) is 0 Å². The number of nitrogens with zero attached hydrogens (tertiary/aromatic N) is 3. The van der Waals surface area contributed by atoms with Crippen LogP contribution in [-0.4, -0.2) is 50.1 Å². The van der Waals surface area contributed by atoms with Crippen LogP contribution in [0, 0.1) is 23.1 Å². The van der Waals surface area contributed by atoms with E-state index in [0.29, 0.717) is 11.6 Å². The summed E-state index contributed by atoms with van der Waals surface area (Å²) in [5.74, 6) is 0.426. The third kappa shape index (κ3) is 5.80. The number of rotatable bonds is 6. The van der Waals surface area contributed by atoms with Crippen LogP contribution in [0.5, 0.6) is 0 Å². The summed E-state index contributed by atoms with van der Waals surface area (Å²) in [6, 6.07) is 8.93. The maximum atomic E-state index is 13.9. The molecule has 0 radical (unpaired) electrons. The van der Waals surface area contributed by atoms with Gasteiger partial charge in [0.05, 0.1) is 11.8 Å². The zero-order valence-corrected chi connectivity index (χ0v) is 16.4. The first-order valence-corrected chi connectivity index (χ1v) is 10.2. The molecule has 1 amide bonds. The molecule has 1 heterocycles. The third-order valence-electron chi connectivity index (χ3n) is 5.84. The number of carbonyl (C=O) groups is 1. The van der Waals surface area contributed by atoms with Crippen LogP contribution < -0.4 is 10.2 Å². The molecule has 0 bridgehead atoms. The lowest BCUT2D eigenvalue weighted by molar-refractivity contribution is -0.116. The quantitative estimate of drug-likeness (QED) is 0.605. The predicted molar refractivity (Wildman–Crippen MR) is 108 cm³/mol. The number of benzene rings is 1. The van der Waals surface area contributed by atoms with Gasteiger partial charge in [-0.05, 0) is 56.7 Å². The molecular weight excluding hydrogens is 355 g/mol. The van der Waals surface area contributed by atoms with Gasteiger partial charge in [-0.1, -0.05) is 17.7 Å². The fraction of sp³-hybridized carbons (Fsp3) is 0.545. The standard InChI is InChI=1S/C22H29FN4O/c23-20-3-1-2-4-21(20)27-15-13-26(14-16-27)12-9-18-5-7-19(8-6-18)17-22(28)25-11-10-24/h1-4,17-18H,5-9,11-16H2,(H,25,28). The number of para-hydroxylation sites is 1. The van der Waals surface area contributed by atoms with Crippen molar-refractivity contribution in [2.75, 3.05) is 44.2 Å². The number of amides is 1. The topological polar surface area (TPSA) is 59.4 Å². The van der Waals surface area contributed by atoms with Gasteiger partial charge < -0.3 is 10.2 Å². The molecule has 2 fully saturated rings. The Morgan fingerprint density at radius 1 is 1.21 bits per heavy atom. The van der Waals surface area contributed by atoms with Crippen molar-refractivity contribution < 1.29 is 9.18 Å². The average Bonchev–Trinajstić information content (AvgIpc) is 2.72. The summed E-state index contributed by atoms with van der Waals surface area (Å²) in [5.41, 5.74) is 1.91. The lowest BCUT2D eigenvalue weighted by atomic mass is 9.83. The van der Waals surface area contributed by atoms with Crippen molar-refractivity contribution in [3.63, 3.8) is 0 Å². The monoisotopic (exact) mass is 384 g/mol. The Bertz CT molecular complexity index is 724. The minimum atomic E-state index is -0.150. The molecule has 6 heteroatoms. The van der Waals surface area contributed by atoms with Crippen LogP contribution in [0.15, 0.2) is 35.9 Å². The molecule has 0 aromatic heterocycles. The smallest absolute Gasteiger partial charge is 0.244 e. The molecule has 3 rings (SSSR count). The van der Waals surface area contributed by atoms with E-state index in [1.165, 1.54) is 18.1 Å². The maximum Gasteiger partial charge on any atom is 0.244 e. The number of nitrogens with one attached hydrogen (secondary N) is 1. The van der Waals surface area contributed by atoms with E-state index in [4.69, 9.17) is 5.26 Å². The predicted octanol–water partition coefficient (Wildman–Crippen LogP) is 3.09. The molecule has 1 saturated heterocycles. The molecule has 1 aromatic carbocycles. The molecule has 2 aliphatic rings. The van der Waals surface area contributed by atoms with Crippen molar-refractivity contribution in [1.82, 2.24) is 10.2 Å². The summed E-state index contributed by atoms with van der Waals surface area (Å²) < 4.78 is 13.9. The first kappa shape index (κ1) is 20.3. The van der Waals surface area contributed by atoms with Crippen LogP contribution >= 0.6 is 0 Å². The molecule has 1 N–H and O–H groups in total. The van der Waals surface area contributed by atoms with Gasteiger partial charge in [0.15, 0.2) is 0 Å². The second kappa shape index (κ2) is 10.2. The van der Waals surface area contributed by atoms with E-state index >= 15 is 0 Å². The van der Waals surface area contributed by atoms with Crippen molar-refractivity contribution in [1.29, 1.82) is 5.26 Å². The van der Waals surface area contributed by atoms with Crippen LogP contribution in [-0.2, 0) is 4.79 Å². The zero-order chi connectivity index (χ0) is 19.8. The number of hydrogen-bond donors (Lipinski definition) is 1. The van der Waals surface area contributed by atoms with Gasteiger partial charge in [-0.3, -0.25) is 9.69 Å². The van der Waals surface area contributed by atoms with Crippen LogP contribution in [0.4, 0.5) is 10.1 Å². The number of anilines is 1. The van der Waals surface area contributed by atoms with E-state index in [2.05, 4.69) is 15.1 Å². The van der Waals surface area contributed by atoms with Gasteiger partial charge in [0.1, 0.15) is 12.4 Å². The Kier molecular flexibility index (Phi) is 7.44. The Morgan fingerprint density at radius 3 is 2.61 bits per heavy atom. The van der Waals surface area contributed by atoms with E-state index in [0.717, 1.165) is 58.4 Å². The van der Waals surface area contributed by atoms with E-state index < -0.39 is 0 Å². The number of halogens is 1. The molecule has 1 saturated carbocycles. The minimum Gasteiger partial charge on any atom is -0.367 e. The number of piperazine rings is 1. The molecular formula is C22H29FN4O. The molecule has 0 unspecified atom stereocenters. The van der Waals surface area contributed by atoms with E-state index in [1.807, 2.05) is 18.2 Å². The lowest BCUT2D eigenvalue weighted by Crippen LogP contribution is -2.47. The summed E-state index contributed by atoms with van der Waals surface area (Å²) in [6.45, 7) is 4.86. The second-order valence-electron chi connectivity index (χ2n) is 7.69. The van der Waals surface area contributed by atoms with Crippen molar-refractivity contribution in [2.24, 2.45) is 5.92 Å².